The average molecular weight is 307 g/mol. The molecule has 106 valence electrons. The maximum Gasteiger partial charge on any atom is 0.131 e. The van der Waals surface area contributed by atoms with E-state index in [9.17, 15) is 4.39 Å². The van der Waals surface area contributed by atoms with E-state index in [1.807, 2.05) is 41.4 Å². The van der Waals surface area contributed by atoms with Crippen LogP contribution in [0, 0.1) is 5.82 Å². The Kier molecular flexibility index (Phi) is 4.76. The molecule has 20 heavy (non-hydrogen) atoms. The molecule has 1 aliphatic rings. The Morgan fingerprint density at radius 2 is 2.25 bits per heavy atom. The summed E-state index contributed by atoms with van der Waals surface area (Å²) in [6.07, 6.45) is 2.55. The van der Waals surface area contributed by atoms with Gasteiger partial charge in [-0.3, -0.25) is 0 Å². The van der Waals surface area contributed by atoms with Crippen LogP contribution >= 0.6 is 23.1 Å². The second-order valence-corrected chi connectivity index (χ2v) is 7.18. The molecule has 0 aliphatic carbocycles. The molecule has 0 radical (unpaired) electrons. The van der Waals surface area contributed by atoms with Gasteiger partial charge in [0.25, 0.3) is 0 Å². The van der Waals surface area contributed by atoms with Gasteiger partial charge < -0.3 is 5.32 Å². The Hall–Kier alpha value is -0.840. The Morgan fingerprint density at radius 1 is 1.30 bits per heavy atom. The Morgan fingerprint density at radius 3 is 3.00 bits per heavy atom. The first-order chi connectivity index (χ1) is 9.83. The molecule has 1 aromatic carbocycles. The molecule has 1 N–H and O–H groups in total. The average Bonchev–Trinajstić information content (AvgIpc) is 3.01. The van der Waals surface area contributed by atoms with E-state index in [0.717, 1.165) is 22.5 Å². The minimum Gasteiger partial charge on any atom is -0.309 e. The minimum absolute atomic E-state index is 0.135. The predicted molar refractivity (Wildman–Crippen MR) is 86.9 cm³/mol. The van der Waals surface area contributed by atoms with Gasteiger partial charge in [0.05, 0.1) is 0 Å². The minimum atomic E-state index is -0.135. The topological polar surface area (TPSA) is 12.0 Å². The standard InChI is InChI=1S/C16H18FNS2/c17-15-6-5-12(9-14(15)16-4-2-8-20-16)10-18-13-3-1-7-19-11-13/h2,4-6,8-9,13,18H,1,3,7,10-11H2. The lowest BCUT2D eigenvalue weighted by atomic mass is 10.1. The molecule has 1 aromatic heterocycles. The zero-order chi connectivity index (χ0) is 13.8. The largest absolute Gasteiger partial charge is 0.309 e. The molecule has 0 saturated carbocycles. The maximum atomic E-state index is 13.9. The van der Waals surface area contributed by atoms with Gasteiger partial charge in [-0.05, 0) is 47.7 Å². The second-order valence-electron chi connectivity index (χ2n) is 5.09. The summed E-state index contributed by atoms with van der Waals surface area (Å²) in [5.74, 6) is 2.35. The molecule has 3 rings (SSSR count). The van der Waals surface area contributed by atoms with Crippen molar-refractivity contribution in [2.45, 2.75) is 25.4 Å². The van der Waals surface area contributed by atoms with Crippen LogP contribution in [-0.2, 0) is 6.54 Å². The van der Waals surface area contributed by atoms with Crippen LogP contribution < -0.4 is 5.32 Å². The number of hydrogen-bond acceptors (Lipinski definition) is 3. The fourth-order valence-electron chi connectivity index (χ4n) is 2.47. The highest BCUT2D eigenvalue weighted by Crippen LogP contribution is 2.28. The third-order valence-electron chi connectivity index (χ3n) is 3.57. The fraction of sp³-hybridized carbons (Fsp3) is 0.375. The Balaban J connectivity index is 1.69. The third kappa shape index (κ3) is 3.43. The van der Waals surface area contributed by atoms with Gasteiger partial charge in [-0.2, -0.15) is 11.8 Å². The highest BCUT2D eigenvalue weighted by Gasteiger charge is 2.13. The molecule has 1 unspecified atom stereocenters. The van der Waals surface area contributed by atoms with Crippen LogP contribution in [0.1, 0.15) is 18.4 Å². The maximum absolute atomic E-state index is 13.9. The molecule has 0 bridgehead atoms. The third-order valence-corrected chi connectivity index (χ3v) is 5.69. The number of thioether (sulfide) groups is 1. The van der Waals surface area contributed by atoms with E-state index in [1.54, 1.807) is 17.4 Å². The number of benzene rings is 1. The lowest BCUT2D eigenvalue weighted by Crippen LogP contribution is -2.33. The molecule has 0 spiro atoms. The molecule has 0 amide bonds. The summed E-state index contributed by atoms with van der Waals surface area (Å²) in [7, 11) is 0. The van der Waals surface area contributed by atoms with Gasteiger partial charge in [0.2, 0.25) is 0 Å². The fourth-order valence-corrected chi connectivity index (χ4v) is 4.32. The normalized spacial score (nSPS) is 19.1. The quantitative estimate of drug-likeness (QED) is 0.890. The van der Waals surface area contributed by atoms with E-state index < -0.39 is 0 Å². The van der Waals surface area contributed by atoms with E-state index in [-0.39, 0.29) is 5.82 Å². The van der Waals surface area contributed by atoms with Crippen molar-refractivity contribution in [2.75, 3.05) is 11.5 Å². The van der Waals surface area contributed by atoms with Gasteiger partial charge in [0.15, 0.2) is 0 Å². The second kappa shape index (κ2) is 6.74. The molecule has 2 heterocycles. The first kappa shape index (κ1) is 14.1. The van der Waals surface area contributed by atoms with Crippen molar-refractivity contribution < 1.29 is 4.39 Å². The highest BCUT2D eigenvalue weighted by atomic mass is 32.2. The summed E-state index contributed by atoms with van der Waals surface area (Å²) in [4.78, 5) is 0.998. The van der Waals surface area contributed by atoms with Crippen molar-refractivity contribution in [1.82, 2.24) is 5.32 Å². The molecule has 1 atom stereocenters. The summed E-state index contributed by atoms with van der Waals surface area (Å²) in [5, 5.41) is 5.58. The number of rotatable bonds is 4. The van der Waals surface area contributed by atoms with E-state index in [0.29, 0.717) is 6.04 Å². The smallest absolute Gasteiger partial charge is 0.131 e. The van der Waals surface area contributed by atoms with E-state index in [2.05, 4.69) is 5.32 Å². The SMILES string of the molecule is Fc1ccc(CNC2CCCSC2)cc1-c1cccs1. The van der Waals surface area contributed by atoms with Gasteiger partial charge in [-0.15, -0.1) is 11.3 Å². The number of thiophene rings is 1. The molecular weight excluding hydrogens is 289 g/mol. The van der Waals surface area contributed by atoms with Crippen molar-refractivity contribution in [3.05, 3.63) is 47.1 Å². The molecule has 1 saturated heterocycles. The molecular formula is C16H18FNS2. The Labute approximate surface area is 127 Å². The van der Waals surface area contributed by atoms with Gasteiger partial charge in [0.1, 0.15) is 5.82 Å². The summed E-state index contributed by atoms with van der Waals surface area (Å²) in [6, 6.07) is 9.98. The van der Waals surface area contributed by atoms with Crippen LogP contribution in [0.15, 0.2) is 35.7 Å². The number of nitrogens with one attached hydrogen (secondary N) is 1. The van der Waals surface area contributed by atoms with Crippen LogP contribution in [-0.4, -0.2) is 17.5 Å². The van der Waals surface area contributed by atoms with Crippen molar-refractivity contribution in [3.63, 3.8) is 0 Å². The van der Waals surface area contributed by atoms with Crippen LogP contribution in [0.3, 0.4) is 0 Å². The molecule has 1 fully saturated rings. The zero-order valence-corrected chi connectivity index (χ0v) is 12.9. The van der Waals surface area contributed by atoms with E-state index >= 15 is 0 Å². The first-order valence-electron chi connectivity index (χ1n) is 6.96. The molecule has 2 aromatic rings. The molecule has 1 aliphatic heterocycles. The van der Waals surface area contributed by atoms with Gasteiger partial charge >= 0.3 is 0 Å². The summed E-state index contributed by atoms with van der Waals surface area (Å²) < 4.78 is 13.9. The summed E-state index contributed by atoms with van der Waals surface area (Å²) in [6.45, 7) is 0.823. The van der Waals surface area contributed by atoms with Crippen LogP contribution in [0.4, 0.5) is 4.39 Å². The summed E-state index contributed by atoms with van der Waals surface area (Å²) in [5.41, 5.74) is 1.88. The van der Waals surface area contributed by atoms with E-state index in [1.165, 1.54) is 24.3 Å². The van der Waals surface area contributed by atoms with Crippen LogP contribution in [0.5, 0.6) is 0 Å². The molecule has 4 heteroatoms. The monoisotopic (exact) mass is 307 g/mol. The van der Waals surface area contributed by atoms with Crippen molar-refractivity contribution in [2.24, 2.45) is 0 Å². The van der Waals surface area contributed by atoms with Crippen molar-refractivity contribution in [1.29, 1.82) is 0 Å². The van der Waals surface area contributed by atoms with Crippen LogP contribution in [0.25, 0.3) is 10.4 Å². The lowest BCUT2D eigenvalue weighted by molar-refractivity contribution is 0.507. The Bertz CT molecular complexity index is 548. The van der Waals surface area contributed by atoms with Crippen molar-refractivity contribution in [3.8, 4) is 10.4 Å². The predicted octanol–water partition coefficient (Wildman–Crippen LogP) is 4.54. The van der Waals surface area contributed by atoms with Gasteiger partial charge in [0, 0.05) is 28.8 Å². The van der Waals surface area contributed by atoms with Crippen LogP contribution in [0.2, 0.25) is 0 Å². The molecule has 1 nitrogen and oxygen atoms in total. The highest BCUT2D eigenvalue weighted by molar-refractivity contribution is 7.99. The first-order valence-corrected chi connectivity index (χ1v) is 9.00. The van der Waals surface area contributed by atoms with E-state index in [4.69, 9.17) is 0 Å². The van der Waals surface area contributed by atoms with Crippen molar-refractivity contribution >= 4 is 23.1 Å². The lowest BCUT2D eigenvalue weighted by Gasteiger charge is -2.22. The zero-order valence-electron chi connectivity index (χ0n) is 11.3. The van der Waals surface area contributed by atoms with Gasteiger partial charge in [-0.1, -0.05) is 12.1 Å². The number of halogens is 1. The summed E-state index contributed by atoms with van der Waals surface area (Å²) >= 11 is 3.60. The number of hydrogen-bond donors (Lipinski definition) is 1. The van der Waals surface area contributed by atoms with Gasteiger partial charge in [-0.25, -0.2) is 4.39 Å².